The number of carbonyl (C=O) groups excluding carboxylic acids is 1. The minimum Gasteiger partial charge on any atom is -0.368 e. The first kappa shape index (κ1) is 13.5. The molecule has 2 aromatic heterocycles. The number of hydrogen-bond acceptors (Lipinski definition) is 6. The lowest BCUT2D eigenvalue weighted by Gasteiger charge is -2.23. The minimum atomic E-state index is 0.0300. The van der Waals surface area contributed by atoms with Crippen LogP contribution in [0.25, 0.3) is 10.2 Å². The summed E-state index contributed by atoms with van der Waals surface area (Å²) in [5.74, 6) is 0.990. The molecular weight excluding hydrogens is 262 g/mol. The summed E-state index contributed by atoms with van der Waals surface area (Å²) >= 11 is 1.52. The molecule has 0 saturated heterocycles. The summed E-state index contributed by atoms with van der Waals surface area (Å²) in [5.41, 5.74) is 5.73. The van der Waals surface area contributed by atoms with Gasteiger partial charge >= 0.3 is 0 Å². The van der Waals surface area contributed by atoms with Gasteiger partial charge in [0, 0.05) is 20.6 Å². The molecule has 0 radical (unpaired) electrons. The molecule has 0 fully saturated rings. The predicted molar refractivity (Wildman–Crippen MR) is 78.4 cm³/mol. The number of fused-ring (bicyclic) bond motifs is 1. The molecular formula is C12H17N5OS. The van der Waals surface area contributed by atoms with Crippen molar-refractivity contribution in [2.45, 2.75) is 6.92 Å². The highest BCUT2D eigenvalue weighted by Crippen LogP contribution is 2.28. The largest absolute Gasteiger partial charge is 0.368 e. The molecule has 0 saturated carbocycles. The number of likely N-dealkylation sites (N-methyl/N-ethyl adjacent to an activating group) is 2. The van der Waals surface area contributed by atoms with E-state index in [9.17, 15) is 4.79 Å². The van der Waals surface area contributed by atoms with Crippen LogP contribution in [0.1, 0.15) is 6.92 Å². The van der Waals surface area contributed by atoms with Gasteiger partial charge in [0.25, 0.3) is 0 Å². The standard InChI is InChI=1S/C12H17N5OS/c1-4-17(7-9(18)16(2)3)10-8-5-6-19-11(8)15-12(13)14-10/h5-6H,4,7H2,1-3H3,(H2,13,14,15). The van der Waals surface area contributed by atoms with Crippen LogP contribution in [0.15, 0.2) is 11.4 Å². The number of carbonyl (C=O) groups is 1. The Bertz CT molecular complexity index is 595. The average molecular weight is 279 g/mol. The Balaban J connectivity index is 2.40. The maximum atomic E-state index is 11.9. The molecule has 6 nitrogen and oxygen atoms in total. The van der Waals surface area contributed by atoms with Gasteiger partial charge in [-0.25, -0.2) is 4.98 Å². The SMILES string of the molecule is CCN(CC(=O)N(C)C)c1nc(N)nc2sccc12. The normalized spacial score (nSPS) is 10.7. The van der Waals surface area contributed by atoms with Gasteiger partial charge in [-0.3, -0.25) is 4.79 Å². The van der Waals surface area contributed by atoms with Crippen molar-refractivity contribution >= 4 is 39.2 Å². The minimum absolute atomic E-state index is 0.0300. The van der Waals surface area contributed by atoms with Crippen LogP contribution < -0.4 is 10.6 Å². The van der Waals surface area contributed by atoms with Crippen LogP contribution in [-0.2, 0) is 4.79 Å². The molecule has 0 atom stereocenters. The van der Waals surface area contributed by atoms with E-state index in [1.54, 1.807) is 19.0 Å². The van der Waals surface area contributed by atoms with E-state index in [4.69, 9.17) is 5.73 Å². The Morgan fingerprint density at radius 3 is 2.79 bits per heavy atom. The van der Waals surface area contributed by atoms with Crippen molar-refractivity contribution in [1.82, 2.24) is 14.9 Å². The molecule has 2 aromatic rings. The van der Waals surface area contributed by atoms with Crippen molar-refractivity contribution in [3.05, 3.63) is 11.4 Å². The second-order valence-corrected chi connectivity index (χ2v) is 5.24. The molecule has 0 bridgehead atoms. The van der Waals surface area contributed by atoms with E-state index in [-0.39, 0.29) is 18.4 Å². The van der Waals surface area contributed by atoms with Crippen molar-refractivity contribution in [3.63, 3.8) is 0 Å². The van der Waals surface area contributed by atoms with Crippen molar-refractivity contribution < 1.29 is 4.79 Å². The van der Waals surface area contributed by atoms with E-state index in [1.807, 2.05) is 23.3 Å². The molecule has 0 aliphatic carbocycles. The van der Waals surface area contributed by atoms with Gasteiger partial charge < -0.3 is 15.5 Å². The van der Waals surface area contributed by atoms with Crippen molar-refractivity contribution in [1.29, 1.82) is 0 Å². The first-order chi connectivity index (χ1) is 9.02. The highest BCUT2D eigenvalue weighted by Gasteiger charge is 2.17. The van der Waals surface area contributed by atoms with Gasteiger partial charge in [0.2, 0.25) is 11.9 Å². The van der Waals surface area contributed by atoms with E-state index in [0.717, 1.165) is 16.0 Å². The van der Waals surface area contributed by atoms with Crippen LogP contribution in [0.2, 0.25) is 0 Å². The number of amides is 1. The zero-order valence-electron chi connectivity index (χ0n) is 11.3. The number of anilines is 2. The monoisotopic (exact) mass is 279 g/mol. The number of hydrogen-bond donors (Lipinski definition) is 1. The Kier molecular flexibility index (Phi) is 3.84. The molecule has 2 N–H and O–H groups in total. The lowest BCUT2D eigenvalue weighted by atomic mass is 10.3. The van der Waals surface area contributed by atoms with Gasteiger partial charge in [-0.15, -0.1) is 11.3 Å². The quantitative estimate of drug-likeness (QED) is 0.909. The fourth-order valence-electron chi connectivity index (χ4n) is 1.74. The summed E-state index contributed by atoms with van der Waals surface area (Å²) in [6.07, 6.45) is 0. The summed E-state index contributed by atoms with van der Waals surface area (Å²) in [6, 6.07) is 1.96. The molecule has 2 heterocycles. The Morgan fingerprint density at radius 1 is 1.42 bits per heavy atom. The fourth-order valence-corrected chi connectivity index (χ4v) is 2.50. The van der Waals surface area contributed by atoms with Gasteiger partial charge in [-0.1, -0.05) is 0 Å². The zero-order valence-corrected chi connectivity index (χ0v) is 12.1. The fraction of sp³-hybridized carbons (Fsp3) is 0.417. The van der Waals surface area contributed by atoms with E-state index >= 15 is 0 Å². The van der Waals surface area contributed by atoms with Gasteiger partial charge in [0.1, 0.15) is 10.6 Å². The third-order valence-corrected chi connectivity index (χ3v) is 3.64. The number of rotatable bonds is 4. The van der Waals surface area contributed by atoms with Crippen LogP contribution in [0.3, 0.4) is 0 Å². The molecule has 0 aromatic carbocycles. The summed E-state index contributed by atoms with van der Waals surface area (Å²) in [5, 5.41) is 2.89. The van der Waals surface area contributed by atoms with Crippen molar-refractivity contribution in [2.24, 2.45) is 0 Å². The topological polar surface area (TPSA) is 75.4 Å². The predicted octanol–water partition coefficient (Wildman–Crippen LogP) is 1.19. The third-order valence-electron chi connectivity index (χ3n) is 2.83. The first-order valence-electron chi connectivity index (χ1n) is 5.98. The molecule has 0 aliphatic rings. The summed E-state index contributed by atoms with van der Waals surface area (Å²) in [6.45, 7) is 2.95. The van der Waals surface area contributed by atoms with E-state index in [2.05, 4.69) is 9.97 Å². The molecule has 7 heteroatoms. The van der Waals surface area contributed by atoms with Crippen LogP contribution in [0.5, 0.6) is 0 Å². The smallest absolute Gasteiger partial charge is 0.241 e. The number of thiophene rings is 1. The van der Waals surface area contributed by atoms with Crippen LogP contribution in [0, 0.1) is 0 Å². The molecule has 19 heavy (non-hydrogen) atoms. The Hall–Kier alpha value is -1.89. The number of nitrogens with two attached hydrogens (primary N) is 1. The van der Waals surface area contributed by atoms with Crippen LogP contribution in [0.4, 0.5) is 11.8 Å². The van der Waals surface area contributed by atoms with E-state index in [0.29, 0.717) is 6.54 Å². The summed E-state index contributed by atoms with van der Waals surface area (Å²) < 4.78 is 0. The van der Waals surface area contributed by atoms with Crippen LogP contribution >= 0.6 is 11.3 Å². The van der Waals surface area contributed by atoms with E-state index < -0.39 is 0 Å². The third kappa shape index (κ3) is 2.76. The number of nitrogen functional groups attached to an aromatic ring is 1. The van der Waals surface area contributed by atoms with Gasteiger partial charge in [-0.05, 0) is 18.4 Å². The second-order valence-electron chi connectivity index (χ2n) is 4.35. The molecule has 2 rings (SSSR count). The highest BCUT2D eigenvalue weighted by atomic mass is 32.1. The average Bonchev–Trinajstić information content (AvgIpc) is 2.82. The van der Waals surface area contributed by atoms with Crippen molar-refractivity contribution in [3.8, 4) is 0 Å². The van der Waals surface area contributed by atoms with Crippen LogP contribution in [-0.4, -0.2) is 48.0 Å². The Labute approximate surface area is 115 Å². The number of aromatic nitrogens is 2. The lowest BCUT2D eigenvalue weighted by molar-refractivity contribution is -0.127. The van der Waals surface area contributed by atoms with Crippen molar-refractivity contribution in [2.75, 3.05) is 37.8 Å². The maximum Gasteiger partial charge on any atom is 0.241 e. The highest BCUT2D eigenvalue weighted by molar-refractivity contribution is 7.16. The Morgan fingerprint density at radius 2 is 2.16 bits per heavy atom. The molecule has 0 spiro atoms. The summed E-state index contributed by atoms with van der Waals surface area (Å²) in [4.78, 5) is 24.7. The first-order valence-corrected chi connectivity index (χ1v) is 6.86. The van der Waals surface area contributed by atoms with Gasteiger partial charge in [0.05, 0.1) is 11.9 Å². The maximum absolute atomic E-state index is 11.9. The molecule has 102 valence electrons. The van der Waals surface area contributed by atoms with Gasteiger partial charge in [-0.2, -0.15) is 4.98 Å². The van der Waals surface area contributed by atoms with E-state index in [1.165, 1.54) is 11.3 Å². The molecule has 1 amide bonds. The molecule has 0 aliphatic heterocycles. The zero-order chi connectivity index (χ0) is 14.0. The lowest BCUT2D eigenvalue weighted by Crippen LogP contribution is -2.37. The van der Waals surface area contributed by atoms with Gasteiger partial charge in [0.15, 0.2) is 0 Å². The second kappa shape index (κ2) is 5.40. The number of nitrogens with zero attached hydrogens (tertiary/aromatic N) is 4. The molecule has 0 unspecified atom stereocenters. The summed E-state index contributed by atoms with van der Waals surface area (Å²) in [7, 11) is 3.48.